The van der Waals surface area contributed by atoms with Crippen molar-refractivity contribution in [2.75, 3.05) is 26.7 Å². The second kappa shape index (κ2) is 5.04. The number of amides is 5. The second-order valence-electron chi connectivity index (χ2n) is 6.36. The van der Waals surface area contributed by atoms with Gasteiger partial charge in [-0.25, -0.2) is 9.69 Å². The lowest BCUT2D eigenvalue weighted by atomic mass is 9.81. The van der Waals surface area contributed by atoms with Crippen molar-refractivity contribution in [2.45, 2.75) is 19.3 Å². The Kier molecular flexibility index (Phi) is 3.38. The van der Waals surface area contributed by atoms with Crippen LogP contribution in [0.25, 0.3) is 0 Å². The molecule has 2 aliphatic heterocycles. The van der Waals surface area contributed by atoms with E-state index in [0.717, 1.165) is 12.8 Å². The molecule has 23 heavy (non-hydrogen) atoms. The fourth-order valence-electron chi connectivity index (χ4n) is 3.82. The maximum absolute atomic E-state index is 12.4. The van der Waals surface area contributed by atoms with Gasteiger partial charge in [0.15, 0.2) is 0 Å². The lowest BCUT2D eigenvalue weighted by Gasteiger charge is -2.24. The minimum atomic E-state index is -1.03. The molecule has 3 fully saturated rings. The Labute approximate surface area is 131 Å². The maximum atomic E-state index is 12.4. The van der Waals surface area contributed by atoms with E-state index in [-0.39, 0.29) is 12.5 Å². The van der Waals surface area contributed by atoms with Crippen LogP contribution in [0.4, 0.5) is 4.79 Å². The Morgan fingerprint density at radius 2 is 1.96 bits per heavy atom. The summed E-state index contributed by atoms with van der Waals surface area (Å²) in [5, 5.41) is 9.50. The highest BCUT2D eigenvalue weighted by Crippen LogP contribution is 2.48. The van der Waals surface area contributed by atoms with Gasteiger partial charge < -0.3 is 10.0 Å². The van der Waals surface area contributed by atoms with Crippen LogP contribution in [-0.4, -0.2) is 76.2 Å². The first-order chi connectivity index (χ1) is 10.8. The van der Waals surface area contributed by atoms with Crippen molar-refractivity contribution < 1.29 is 29.1 Å². The average molecular weight is 323 g/mol. The predicted molar refractivity (Wildman–Crippen MR) is 73.9 cm³/mol. The van der Waals surface area contributed by atoms with Crippen LogP contribution in [-0.2, 0) is 19.2 Å². The van der Waals surface area contributed by atoms with E-state index in [0.29, 0.717) is 22.8 Å². The topological polar surface area (TPSA) is 115 Å². The molecule has 0 aromatic carbocycles. The van der Waals surface area contributed by atoms with Crippen molar-refractivity contribution in [3.05, 3.63) is 0 Å². The summed E-state index contributed by atoms with van der Waals surface area (Å²) in [5.41, 5.74) is -0.915. The number of nitrogens with zero attached hydrogens (tertiary/aromatic N) is 3. The largest absolute Gasteiger partial charge is 0.481 e. The molecule has 1 aliphatic carbocycles. The number of likely N-dealkylation sites (N-methyl/N-ethyl adjacent to an activating group) is 1. The van der Waals surface area contributed by atoms with Crippen molar-refractivity contribution in [2.24, 2.45) is 11.3 Å². The molecule has 124 valence electrons. The van der Waals surface area contributed by atoms with Gasteiger partial charge in [-0.15, -0.1) is 0 Å². The van der Waals surface area contributed by atoms with Gasteiger partial charge in [0, 0.05) is 20.1 Å². The predicted octanol–water partition coefficient (Wildman–Crippen LogP) is -0.880. The number of hydrogen-bond acceptors (Lipinski definition) is 5. The number of imide groups is 2. The summed E-state index contributed by atoms with van der Waals surface area (Å²) in [6, 6.07) is -0.833. The molecule has 9 nitrogen and oxygen atoms in total. The van der Waals surface area contributed by atoms with Gasteiger partial charge in [-0.05, 0) is 18.8 Å². The molecule has 1 N–H and O–H groups in total. The van der Waals surface area contributed by atoms with E-state index in [9.17, 15) is 29.1 Å². The number of carboxylic acid groups (broad SMARTS) is 1. The van der Waals surface area contributed by atoms with Gasteiger partial charge in [0.05, 0.1) is 5.41 Å². The Morgan fingerprint density at radius 1 is 1.26 bits per heavy atom. The zero-order valence-corrected chi connectivity index (χ0v) is 12.7. The summed E-state index contributed by atoms with van der Waals surface area (Å²) in [4.78, 5) is 61.5. The standard InChI is InChI=1S/C14H17N3O6/c1-15-10(19)11(20)17(13(15)23)6-9(18)16-5-8-3-2-4-14(8,7-16)12(21)22/h8H,2-7H2,1H3,(H,21,22)/t8-,14+/m0/s1. The molecule has 3 rings (SSSR count). The SMILES string of the molecule is CN1C(=O)C(=O)N(CC(=O)N2C[C@@H]3CCC[C@@]3(C(=O)O)C2)C1=O. The van der Waals surface area contributed by atoms with E-state index < -0.39 is 41.7 Å². The number of fused-ring (bicyclic) bond motifs is 1. The van der Waals surface area contributed by atoms with Gasteiger partial charge in [-0.2, -0.15) is 0 Å². The zero-order valence-electron chi connectivity index (χ0n) is 12.7. The van der Waals surface area contributed by atoms with Gasteiger partial charge in [-0.3, -0.25) is 24.1 Å². The molecule has 0 spiro atoms. The number of carbonyl (C=O) groups is 5. The maximum Gasteiger partial charge on any atom is 0.334 e. The first-order valence-electron chi connectivity index (χ1n) is 7.42. The van der Waals surface area contributed by atoms with Crippen LogP contribution in [0.3, 0.4) is 0 Å². The van der Waals surface area contributed by atoms with Gasteiger partial charge in [-0.1, -0.05) is 6.42 Å². The number of aliphatic carboxylic acids is 1. The Hall–Kier alpha value is -2.45. The summed E-state index contributed by atoms with van der Waals surface area (Å²) in [5.74, 6) is -3.51. The highest BCUT2D eigenvalue weighted by atomic mass is 16.4. The van der Waals surface area contributed by atoms with E-state index in [1.807, 2.05) is 0 Å². The average Bonchev–Trinajstić information content (AvgIpc) is 3.11. The molecule has 0 unspecified atom stereocenters. The van der Waals surface area contributed by atoms with E-state index in [1.54, 1.807) is 0 Å². The monoisotopic (exact) mass is 323 g/mol. The molecule has 2 atom stereocenters. The first-order valence-corrected chi connectivity index (χ1v) is 7.42. The molecule has 0 aromatic rings. The molecule has 0 aromatic heterocycles. The minimum absolute atomic E-state index is 0.0891. The van der Waals surface area contributed by atoms with Crippen molar-refractivity contribution in [1.82, 2.24) is 14.7 Å². The van der Waals surface area contributed by atoms with Gasteiger partial charge in [0.25, 0.3) is 0 Å². The fraction of sp³-hybridized carbons (Fsp3) is 0.643. The number of urea groups is 1. The van der Waals surface area contributed by atoms with E-state index >= 15 is 0 Å². The molecule has 3 aliphatic rings. The summed E-state index contributed by atoms with van der Waals surface area (Å²) >= 11 is 0. The van der Waals surface area contributed by atoms with Crippen LogP contribution in [0.5, 0.6) is 0 Å². The molecule has 2 heterocycles. The lowest BCUT2D eigenvalue weighted by molar-refractivity contribution is -0.149. The Balaban J connectivity index is 1.71. The molecule has 0 radical (unpaired) electrons. The van der Waals surface area contributed by atoms with Crippen molar-refractivity contribution in [1.29, 1.82) is 0 Å². The van der Waals surface area contributed by atoms with Crippen molar-refractivity contribution in [3.8, 4) is 0 Å². The molecule has 9 heteroatoms. The molecule has 0 bridgehead atoms. The van der Waals surface area contributed by atoms with Crippen LogP contribution in [0.15, 0.2) is 0 Å². The number of hydrogen-bond donors (Lipinski definition) is 1. The molecule has 2 saturated heterocycles. The van der Waals surface area contributed by atoms with Crippen LogP contribution in [0, 0.1) is 11.3 Å². The third-order valence-corrected chi connectivity index (χ3v) is 5.19. The number of rotatable bonds is 3. The zero-order chi connectivity index (χ0) is 16.9. The highest BCUT2D eigenvalue weighted by Gasteiger charge is 2.56. The van der Waals surface area contributed by atoms with Gasteiger partial charge in [0.1, 0.15) is 6.54 Å². The molecule has 5 amide bonds. The fourth-order valence-corrected chi connectivity index (χ4v) is 3.82. The summed E-state index contributed by atoms with van der Waals surface area (Å²) < 4.78 is 0. The molecular formula is C14H17N3O6. The Bertz CT molecular complexity index is 632. The third-order valence-electron chi connectivity index (χ3n) is 5.19. The van der Waals surface area contributed by atoms with Crippen molar-refractivity contribution in [3.63, 3.8) is 0 Å². The first kappa shape index (κ1) is 15.4. The number of carbonyl (C=O) groups excluding carboxylic acids is 4. The smallest absolute Gasteiger partial charge is 0.334 e. The highest BCUT2D eigenvalue weighted by molar-refractivity contribution is 6.44. The third kappa shape index (κ3) is 2.10. The summed E-state index contributed by atoms with van der Waals surface area (Å²) in [6.07, 6.45) is 2.10. The quantitative estimate of drug-likeness (QED) is 0.533. The normalized spacial score (nSPS) is 30.4. The molecular weight excluding hydrogens is 306 g/mol. The number of carboxylic acids is 1. The van der Waals surface area contributed by atoms with E-state index in [4.69, 9.17) is 0 Å². The van der Waals surface area contributed by atoms with E-state index in [2.05, 4.69) is 0 Å². The second-order valence-corrected chi connectivity index (χ2v) is 6.36. The van der Waals surface area contributed by atoms with Gasteiger partial charge >= 0.3 is 23.8 Å². The van der Waals surface area contributed by atoms with Crippen LogP contribution in [0.2, 0.25) is 0 Å². The Morgan fingerprint density at radius 3 is 2.48 bits per heavy atom. The van der Waals surface area contributed by atoms with E-state index in [1.165, 1.54) is 11.9 Å². The molecule has 1 saturated carbocycles. The van der Waals surface area contributed by atoms with Crippen LogP contribution < -0.4 is 0 Å². The number of likely N-dealkylation sites (tertiary alicyclic amines) is 1. The van der Waals surface area contributed by atoms with Crippen molar-refractivity contribution >= 4 is 29.7 Å². The summed E-state index contributed by atoms with van der Waals surface area (Å²) in [7, 11) is 1.17. The summed E-state index contributed by atoms with van der Waals surface area (Å²) in [6.45, 7) is -0.132. The lowest BCUT2D eigenvalue weighted by Crippen LogP contribution is -2.44. The minimum Gasteiger partial charge on any atom is -0.481 e. The van der Waals surface area contributed by atoms with Gasteiger partial charge in [0.2, 0.25) is 5.91 Å². The van der Waals surface area contributed by atoms with Crippen LogP contribution >= 0.6 is 0 Å². The van der Waals surface area contributed by atoms with Crippen LogP contribution in [0.1, 0.15) is 19.3 Å².